The molecular formula is C36H54N16O7. The number of carboxylic acids is 1. The Kier molecular flexibility index (Phi) is 18.2. The lowest BCUT2D eigenvalue weighted by molar-refractivity contribution is -0.142. The Morgan fingerprint density at radius 2 is 0.814 bits per heavy atom. The second-order valence-corrected chi connectivity index (χ2v) is 13.9. The molecule has 320 valence electrons. The van der Waals surface area contributed by atoms with E-state index in [2.05, 4.69) is 66.5 Å². The van der Waals surface area contributed by atoms with Crippen LogP contribution in [0.3, 0.4) is 0 Å². The fourth-order valence-corrected chi connectivity index (χ4v) is 6.04. The topological polar surface area (TPSA) is 376 Å². The summed E-state index contributed by atoms with van der Waals surface area (Å²) < 4.78 is 0. The van der Waals surface area contributed by atoms with Gasteiger partial charge in [0.2, 0.25) is 29.5 Å². The molecule has 4 aromatic heterocycles. The van der Waals surface area contributed by atoms with Gasteiger partial charge in [0.25, 0.3) is 0 Å². The van der Waals surface area contributed by atoms with E-state index in [1.54, 1.807) is 0 Å². The van der Waals surface area contributed by atoms with Crippen molar-refractivity contribution in [1.82, 2.24) is 66.5 Å². The van der Waals surface area contributed by atoms with Gasteiger partial charge in [-0.25, -0.2) is 24.7 Å². The maximum absolute atomic E-state index is 14.2. The highest BCUT2D eigenvalue weighted by atomic mass is 16.4. The molecule has 0 saturated heterocycles. The summed E-state index contributed by atoms with van der Waals surface area (Å²) in [6.07, 6.45) is 14.0. The minimum absolute atomic E-state index is 0.114. The van der Waals surface area contributed by atoms with Gasteiger partial charge >= 0.3 is 5.97 Å². The number of amides is 5. The molecule has 5 amide bonds. The van der Waals surface area contributed by atoms with Crippen LogP contribution in [-0.4, -0.2) is 130 Å². The van der Waals surface area contributed by atoms with Gasteiger partial charge < -0.3 is 68.8 Å². The van der Waals surface area contributed by atoms with Crippen LogP contribution < -0.4 is 43.8 Å². The third kappa shape index (κ3) is 15.1. The SMILES string of the molecule is NCCCC[C@H](NC(=O)[C@@H](N)CCCCN)C(=O)N[C@@H](Cc1c[nH]cn1)C(=O)N[C@@H](Cc1c[nH]cn1)C(=O)N[C@@H](Cc1c[nH]cn1)C(=O)N[C@@H](Cc1c[nH]cn1)C(=O)O. The van der Waals surface area contributed by atoms with Crippen molar-refractivity contribution in [2.24, 2.45) is 17.2 Å². The first-order valence-corrected chi connectivity index (χ1v) is 19.3. The smallest absolute Gasteiger partial charge is 0.326 e. The Bertz CT molecular complexity index is 1870. The zero-order chi connectivity index (χ0) is 42.6. The highest BCUT2D eigenvalue weighted by Gasteiger charge is 2.34. The molecule has 0 aliphatic carbocycles. The third-order valence-electron chi connectivity index (χ3n) is 9.27. The van der Waals surface area contributed by atoms with Crippen LogP contribution in [0.1, 0.15) is 61.3 Å². The molecule has 0 aliphatic rings. The van der Waals surface area contributed by atoms with Crippen molar-refractivity contribution in [2.45, 2.75) is 100 Å². The zero-order valence-electron chi connectivity index (χ0n) is 32.5. The van der Waals surface area contributed by atoms with E-state index in [1.165, 1.54) is 50.1 Å². The molecule has 0 aromatic carbocycles. The Hall–Kier alpha value is -6.46. The Labute approximate surface area is 339 Å². The predicted molar refractivity (Wildman–Crippen MR) is 210 cm³/mol. The van der Waals surface area contributed by atoms with Crippen molar-refractivity contribution in [3.8, 4) is 0 Å². The van der Waals surface area contributed by atoms with Crippen LogP contribution in [0.4, 0.5) is 0 Å². The number of carbonyl (C=O) groups excluding carboxylic acids is 5. The van der Waals surface area contributed by atoms with E-state index in [1.807, 2.05) is 0 Å². The number of rotatable bonds is 27. The largest absolute Gasteiger partial charge is 0.480 e. The molecule has 23 heteroatoms. The van der Waals surface area contributed by atoms with Crippen LogP contribution in [0, 0.1) is 0 Å². The van der Waals surface area contributed by atoms with Crippen molar-refractivity contribution < 1.29 is 33.9 Å². The molecule has 4 heterocycles. The number of aromatic amines is 4. The number of nitrogens with one attached hydrogen (secondary N) is 9. The zero-order valence-corrected chi connectivity index (χ0v) is 32.5. The number of carbonyl (C=O) groups is 6. The van der Waals surface area contributed by atoms with E-state index in [0.717, 1.165) is 0 Å². The summed E-state index contributed by atoms with van der Waals surface area (Å²) in [6, 6.07) is -7.40. The summed E-state index contributed by atoms with van der Waals surface area (Å²) in [5.41, 5.74) is 18.9. The van der Waals surface area contributed by atoms with Crippen molar-refractivity contribution in [1.29, 1.82) is 0 Å². The summed E-state index contributed by atoms with van der Waals surface area (Å²) in [7, 11) is 0. The number of aromatic nitrogens is 8. The Morgan fingerprint density at radius 1 is 0.492 bits per heavy atom. The van der Waals surface area contributed by atoms with Gasteiger partial charge in [0.15, 0.2) is 0 Å². The molecular weight excluding hydrogens is 769 g/mol. The Morgan fingerprint density at radius 3 is 1.15 bits per heavy atom. The second kappa shape index (κ2) is 23.7. The van der Waals surface area contributed by atoms with Crippen LogP contribution in [0.25, 0.3) is 0 Å². The first-order chi connectivity index (χ1) is 28.5. The highest BCUT2D eigenvalue weighted by molar-refractivity contribution is 5.96. The number of hydrogen-bond donors (Lipinski definition) is 13. The van der Waals surface area contributed by atoms with Crippen molar-refractivity contribution in [3.05, 3.63) is 72.9 Å². The minimum Gasteiger partial charge on any atom is -0.480 e. The molecule has 0 bridgehead atoms. The molecule has 0 radical (unpaired) electrons. The molecule has 6 atom stereocenters. The summed E-state index contributed by atoms with van der Waals surface area (Å²) in [5.74, 6) is -4.99. The predicted octanol–water partition coefficient (Wildman–Crippen LogP) is -3.06. The van der Waals surface area contributed by atoms with E-state index in [9.17, 15) is 33.9 Å². The van der Waals surface area contributed by atoms with Crippen LogP contribution in [0.5, 0.6) is 0 Å². The third-order valence-corrected chi connectivity index (χ3v) is 9.27. The first kappa shape index (κ1) is 45.2. The fraction of sp³-hybridized carbons (Fsp3) is 0.500. The van der Waals surface area contributed by atoms with Gasteiger partial charge in [-0.3, -0.25) is 24.0 Å². The molecule has 0 aliphatic heterocycles. The van der Waals surface area contributed by atoms with E-state index in [0.29, 0.717) is 68.0 Å². The molecule has 23 nitrogen and oxygen atoms in total. The molecule has 0 saturated carbocycles. The average molecular weight is 823 g/mol. The standard InChI is InChI=1S/C36H54N16O7/c37-7-3-1-5-25(39)31(53)48-26(6-2-4-8-38)32(54)49-27(9-21-13-40-17-44-21)33(55)50-28(10-22-14-41-18-45-22)34(56)51-29(11-23-15-42-19-46-23)35(57)52-30(36(58)59)12-24-16-43-20-47-24/h13-20,25-30H,1-12,37-39H2,(H,40,44)(H,41,45)(H,42,46)(H,43,47)(H,48,53)(H,49,54)(H,50,55)(H,51,56)(H,52,57)(H,58,59)/t25-,26-,27-,28-,29-,30-/m0/s1. The fourth-order valence-electron chi connectivity index (χ4n) is 6.04. The number of unbranched alkanes of at least 4 members (excludes halogenated alkanes) is 2. The maximum Gasteiger partial charge on any atom is 0.326 e. The van der Waals surface area contributed by atoms with E-state index in [4.69, 9.17) is 17.2 Å². The van der Waals surface area contributed by atoms with Crippen LogP contribution in [0.2, 0.25) is 0 Å². The maximum atomic E-state index is 14.2. The van der Waals surface area contributed by atoms with Crippen molar-refractivity contribution >= 4 is 35.5 Å². The van der Waals surface area contributed by atoms with Gasteiger partial charge in [0.1, 0.15) is 30.2 Å². The van der Waals surface area contributed by atoms with Gasteiger partial charge in [-0.1, -0.05) is 6.42 Å². The van der Waals surface area contributed by atoms with Gasteiger partial charge in [-0.15, -0.1) is 0 Å². The van der Waals surface area contributed by atoms with Gasteiger partial charge in [0.05, 0.1) is 54.1 Å². The van der Waals surface area contributed by atoms with Crippen molar-refractivity contribution in [3.63, 3.8) is 0 Å². The van der Waals surface area contributed by atoms with Crippen molar-refractivity contribution in [2.75, 3.05) is 13.1 Å². The number of nitrogens with two attached hydrogens (primary N) is 3. The summed E-state index contributed by atoms with van der Waals surface area (Å²) in [5, 5.41) is 23.1. The monoisotopic (exact) mass is 822 g/mol. The normalized spacial score (nSPS) is 14.2. The van der Waals surface area contributed by atoms with E-state index < -0.39 is 71.8 Å². The lowest BCUT2D eigenvalue weighted by atomic mass is 10.0. The number of H-pyrrole nitrogens is 4. The summed E-state index contributed by atoms with van der Waals surface area (Å²) in [6.45, 7) is 0.809. The molecule has 0 spiro atoms. The van der Waals surface area contributed by atoms with Crippen LogP contribution in [-0.2, 0) is 54.5 Å². The van der Waals surface area contributed by atoms with Crippen LogP contribution in [0.15, 0.2) is 50.1 Å². The molecule has 4 aromatic rings. The van der Waals surface area contributed by atoms with E-state index in [-0.39, 0.29) is 32.1 Å². The minimum atomic E-state index is -1.40. The highest BCUT2D eigenvalue weighted by Crippen LogP contribution is 2.09. The van der Waals surface area contributed by atoms with Gasteiger partial charge in [-0.2, -0.15) is 0 Å². The van der Waals surface area contributed by atoms with Gasteiger partial charge in [0, 0.05) is 50.5 Å². The second-order valence-electron chi connectivity index (χ2n) is 13.9. The lowest BCUT2D eigenvalue weighted by Crippen LogP contribution is -2.60. The molecule has 4 rings (SSSR count). The molecule has 0 fully saturated rings. The van der Waals surface area contributed by atoms with Gasteiger partial charge in [-0.05, 0) is 45.2 Å². The molecule has 16 N–H and O–H groups in total. The van der Waals surface area contributed by atoms with E-state index >= 15 is 0 Å². The summed E-state index contributed by atoms with van der Waals surface area (Å²) >= 11 is 0. The number of nitrogens with zero attached hydrogens (tertiary/aromatic N) is 4. The average Bonchev–Trinajstić information content (AvgIpc) is 4.07. The number of carboxylic acid groups (broad SMARTS) is 1. The quantitative estimate of drug-likeness (QED) is 0.0266. The lowest BCUT2D eigenvalue weighted by Gasteiger charge is -2.27. The number of hydrogen-bond acceptors (Lipinski definition) is 13. The molecule has 59 heavy (non-hydrogen) atoms. The van der Waals surface area contributed by atoms with Crippen LogP contribution >= 0.6 is 0 Å². The molecule has 0 unspecified atom stereocenters. The number of aliphatic carboxylic acids is 1. The summed E-state index contributed by atoms with van der Waals surface area (Å²) in [4.78, 5) is 109. The number of imidazole rings is 4. The first-order valence-electron chi connectivity index (χ1n) is 19.3. The Balaban J connectivity index is 1.56.